The monoisotopic (exact) mass is 449 g/mol. The van der Waals surface area contributed by atoms with Crippen molar-refractivity contribution in [2.45, 2.75) is 18.2 Å². The highest BCUT2D eigenvalue weighted by Gasteiger charge is 2.24. The molecule has 32 heavy (non-hydrogen) atoms. The highest BCUT2D eigenvalue weighted by Crippen LogP contribution is 2.20. The molecular weight excluding hydrogens is 422 g/mol. The van der Waals surface area contributed by atoms with Gasteiger partial charge >= 0.3 is 0 Å². The molecule has 0 radical (unpaired) electrons. The van der Waals surface area contributed by atoms with Crippen molar-refractivity contribution in [2.24, 2.45) is 0 Å². The summed E-state index contributed by atoms with van der Waals surface area (Å²) in [5.74, 6) is -0.151. The average Bonchev–Trinajstić information content (AvgIpc) is 2.84. The maximum absolute atomic E-state index is 13.0. The summed E-state index contributed by atoms with van der Waals surface area (Å²) in [4.78, 5) is 17.1. The predicted octanol–water partition coefficient (Wildman–Crippen LogP) is 4.01. The van der Waals surface area contributed by atoms with E-state index in [1.807, 2.05) is 37.3 Å². The van der Waals surface area contributed by atoms with Gasteiger partial charge in [-0.2, -0.15) is 0 Å². The second-order valence-electron chi connectivity index (χ2n) is 7.80. The van der Waals surface area contributed by atoms with Gasteiger partial charge in [0, 0.05) is 43.1 Å². The van der Waals surface area contributed by atoms with Gasteiger partial charge in [0.05, 0.1) is 4.90 Å². The van der Waals surface area contributed by atoms with Crippen molar-refractivity contribution >= 4 is 27.3 Å². The second kappa shape index (κ2) is 9.44. The van der Waals surface area contributed by atoms with E-state index in [0.717, 1.165) is 30.8 Å². The van der Waals surface area contributed by atoms with Gasteiger partial charge in [-0.3, -0.25) is 9.52 Å². The predicted molar refractivity (Wildman–Crippen MR) is 128 cm³/mol. The third kappa shape index (κ3) is 4.94. The van der Waals surface area contributed by atoms with Crippen LogP contribution in [0.15, 0.2) is 83.8 Å². The first kappa shape index (κ1) is 21.9. The molecule has 0 bridgehead atoms. The third-order valence-electron chi connectivity index (χ3n) is 5.69. The molecule has 6 nitrogen and oxygen atoms in total. The lowest BCUT2D eigenvalue weighted by Crippen LogP contribution is -2.48. The van der Waals surface area contributed by atoms with Gasteiger partial charge in [-0.15, -0.1) is 0 Å². The van der Waals surface area contributed by atoms with Crippen LogP contribution in [0, 0.1) is 0 Å². The molecule has 1 N–H and O–H groups in total. The lowest BCUT2D eigenvalue weighted by Gasteiger charge is -2.36. The zero-order valence-corrected chi connectivity index (χ0v) is 18.9. The van der Waals surface area contributed by atoms with E-state index >= 15 is 0 Å². The topological polar surface area (TPSA) is 69.7 Å². The van der Waals surface area contributed by atoms with E-state index in [0.29, 0.717) is 24.3 Å². The van der Waals surface area contributed by atoms with Crippen molar-refractivity contribution in [3.05, 3.63) is 90.0 Å². The van der Waals surface area contributed by atoms with Crippen LogP contribution in [-0.2, 0) is 16.4 Å². The Hall–Kier alpha value is -3.32. The number of para-hydroxylation sites is 1. The molecule has 1 saturated heterocycles. The lowest BCUT2D eigenvalue weighted by molar-refractivity contribution is 0.0746. The Morgan fingerprint density at radius 1 is 0.875 bits per heavy atom. The molecule has 7 heteroatoms. The van der Waals surface area contributed by atoms with Crippen LogP contribution in [0.1, 0.15) is 22.8 Å². The van der Waals surface area contributed by atoms with Crippen LogP contribution < -0.4 is 9.62 Å². The van der Waals surface area contributed by atoms with Crippen LogP contribution in [0.3, 0.4) is 0 Å². The van der Waals surface area contributed by atoms with Crippen molar-refractivity contribution in [3.63, 3.8) is 0 Å². The highest BCUT2D eigenvalue weighted by atomic mass is 32.2. The Morgan fingerprint density at radius 3 is 2.22 bits per heavy atom. The largest absolute Gasteiger partial charge is 0.368 e. The van der Waals surface area contributed by atoms with E-state index in [-0.39, 0.29) is 10.8 Å². The average molecular weight is 450 g/mol. The van der Waals surface area contributed by atoms with Gasteiger partial charge in [-0.25, -0.2) is 8.42 Å². The summed E-state index contributed by atoms with van der Waals surface area (Å²) in [6, 6.07) is 23.7. The molecule has 1 heterocycles. The van der Waals surface area contributed by atoms with E-state index < -0.39 is 10.0 Å². The second-order valence-corrected chi connectivity index (χ2v) is 9.48. The molecule has 3 aromatic carbocycles. The number of nitrogens with one attached hydrogen (secondary N) is 1. The summed E-state index contributed by atoms with van der Waals surface area (Å²) in [5.41, 5.74) is 3.15. The van der Waals surface area contributed by atoms with Crippen LogP contribution >= 0.6 is 0 Å². The standard InChI is InChI=1S/C25H27N3O3S/c1-2-20-11-13-22(14-12-20)26-32(30,31)24-10-6-7-21(19-24)25(29)28-17-15-27(16-18-28)23-8-4-3-5-9-23/h3-14,19,26H,2,15-18H2,1H3. The molecule has 4 rings (SSSR count). The Balaban J connectivity index is 1.44. The van der Waals surface area contributed by atoms with Gasteiger partial charge in [0.25, 0.3) is 15.9 Å². The molecule has 0 aromatic heterocycles. The fourth-order valence-electron chi connectivity index (χ4n) is 3.81. The number of hydrogen-bond acceptors (Lipinski definition) is 4. The maximum atomic E-state index is 13.0. The van der Waals surface area contributed by atoms with Crippen LogP contribution in [0.25, 0.3) is 0 Å². The van der Waals surface area contributed by atoms with E-state index in [1.54, 1.807) is 29.2 Å². The quantitative estimate of drug-likeness (QED) is 0.617. The molecule has 0 atom stereocenters. The maximum Gasteiger partial charge on any atom is 0.261 e. The van der Waals surface area contributed by atoms with Crippen molar-refractivity contribution in [2.75, 3.05) is 35.8 Å². The molecular formula is C25H27N3O3S. The molecule has 166 valence electrons. The number of anilines is 2. The fraction of sp³-hybridized carbons (Fsp3) is 0.240. The van der Waals surface area contributed by atoms with Gasteiger partial charge in [0.1, 0.15) is 0 Å². The zero-order chi connectivity index (χ0) is 22.6. The number of sulfonamides is 1. The Bertz CT molecular complexity index is 1170. The van der Waals surface area contributed by atoms with Crippen molar-refractivity contribution in [1.82, 2.24) is 4.90 Å². The molecule has 0 spiro atoms. The number of carbonyl (C=O) groups is 1. The van der Waals surface area contributed by atoms with E-state index in [1.165, 1.54) is 12.1 Å². The molecule has 1 aliphatic rings. The molecule has 0 unspecified atom stereocenters. The van der Waals surface area contributed by atoms with Gasteiger partial charge in [0.15, 0.2) is 0 Å². The first-order valence-electron chi connectivity index (χ1n) is 10.8. The van der Waals surface area contributed by atoms with Gasteiger partial charge in [-0.1, -0.05) is 43.3 Å². The van der Waals surface area contributed by atoms with Crippen molar-refractivity contribution in [1.29, 1.82) is 0 Å². The first-order valence-corrected chi connectivity index (χ1v) is 12.3. The third-order valence-corrected chi connectivity index (χ3v) is 7.07. The lowest BCUT2D eigenvalue weighted by atomic mass is 10.1. The zero-order valence-electron chi connectivity index (χ0n) is 18.1. The number of nitrogens with zero attached hydrogens (tertiary/aromatic N) is 2. The number of benzene rings is 3. The molecule has 0 aliphatic carbocycles. The van der Waals surface area contributed by atoms with E-state index in [2.05, 4.69) is 21.8 Å². The number of aryl methyl sites for hydroxylation is 1. The summed E-state index contributed by atoms with van der Waals surface area (Å²) in [7, 11) is -3.79. The number of rotatable bonds is 6. The van der Waals surface area contributed by atoms with Crippen molar-refractivity contribution in [3.8, 4) is 0 Å². The van der Waals surface area contributed by atoms with Crippen molar-refractivity contribution < 1.29 is 13.2 Å². The van der Waals surface area contributed by atoms with Gasteiger partial charge in [-0.05, 0) is 54.4 Å². The Kier molecular flexibility index (Phi) is 6.46. The molecule has 1 fully saturated rings. The summed E-state index contributed by atoms with van der Waals surface area (Å²) in [6.45, 7) is 4.70. The van der Waals surface area contributed by atoms with Gasteiger partial charge < -0.3 is 9.80 Å². The number of amides is 1. The van der Waals surface area contributed by atoms with Crippen LogP contribution in [-0.4, -0.2) is 45.4 Å². The number of hydrogen-bond donors (Lipinski definition) is 1. The van der Waals surface area contributed by atoms with E-state index in [9.17, 15) is 13.2 Å². The van der Waals surface area contributed by atoms with Gasteiger partial charge in [0.2, 0.25) is 0 Å². The summed E-state index contributed by atoms with van der Waals surface area (Å²) < 4.78 is 28.3. The first-order chi connectivity index (χ1) is 15.5. The molecule has 3 aromatic rings. The molecule has 1 aliphatic heterocycles. The summed E-state index contributed by atoms with van der Waals surface area (Å²) in [6.07, 6.45) is 0.886. The number of piperazine rings is 1. The Morgan fingerprint density at radius 2 is 1.56 bits per heavy atom. The van der Waals surface area contributed by atoms with Crippen LogP contribution in [0.4, 0.5) is 11.4 Å². The minimum absolute atomic E-state index is 0.0749. The molecule has 1 amide bonds. The minimum Gasteiger partial charge on any atom is -0.368 e. The van der Waals surface area contributed by atoms with Crippen LogP contribution in [0.2, 0.25) is 0 Å². The Labute approximate surface area is 189 Å². The SMILES string of the molecule is CCc1ccc(NS(=O)(=O)c2cccc(C(=O)N3CCN(c4ccccc4)CC3)c2)cc1. The normalized spacial score (nSPS) is 14.3. The summed E-state index contributed by atoms with van der Waals surface area (Å²) in [5, 5.41) is 0. The fourth-order valence-corrected chi connectivity index (χ4v) is 4.91. The van der Waals surface area contributed by atoms with E-state index in [4.69, 9.17) is 0 Å². The van der Waals surface area contributed by atoms with Crippen LogP contribution in [0.5, 0.6) is 0 Å². The number of carbonyl (C=O) groups excluding carboxylic acids is 1. The minimum atomic E-state index is -3.79. The molecule has 0 saturated carbocycles. The summed E-state index contributed by atoms with van der Waals surface area (Å²) >= 11 is 0. The highest BCUT2D eigenvalue weighted by molar-refractivity contribution is 7.92. The smallest absolute Gasteiger partial charge is 0.261 e.